The quantitative estimate of drug-likeness (QED) is 0.516. The summed E-state index contributed by atoms with van der Waals surface area (Å²) in [7, 11) is 0. The molecule has 1 aliphatic carbocycles. The van der Waals surface area contributed by atoms with E-state index in [-0.39, 0.29) is 5.78 Å². The Morgan fingerprint density at radius 2 is 1.90 bits per heavy atom. The van der Waals surface area contributed by atoms with Crippen LogP contribution in [0.15, 0.2) is 28.7 Å². The zero-order chi connectivity index (χ0) is 15.2. The van der Waals surface area contributed by atoms with Crippen molar-refractivity contribution in [3.8, 4) is 0 Å². The Balaban J connectivity index is 1.65. The number of halogens is 1. The first-order chi connectivity index (χ1) is 10.1. The molecular formula is C18H25BrO2. The minimum Gasteiger partial charge on any atom is -0.378 e. The van der Waals surface area contributed by atoms with Crippen LogP contribution in [0.3, 0.4) is 0 Å². The zero-order valence-corrected chi connectivity index (χ0v) is 14.6. The van der Waals surface area contributed by atoms with Gasteiger partial charge >= 0.3 is 0 Å². The number of ketones is 1. The van der Waals surface area contributed by atoms with Crippen LogP contribution in [0.4, 0.5) is 0 Å². The van der Waals surface area contributed by atoms with Gasteiger partial charge < -0.3 is 4.74 Å². The molecule has 3 unspecified atom stereocenters. The van der Waals surface area contributed by atoms with Crippen molar-refractivity contribution in [1.29, 1.82) is 0 Å². The second-order valence-electron chi connectivity index (χ2n) is 6.29. The summed E-state index contributed by atoms with van der Waals surface area (Å²) < 4.78 is 6.95. The predicted octanol–water partition coefficient (Wildman–Crippen LogP) is 5.25. The molecule has 1 aromatic carbocycles. The maximum Gasteiger partial charge on any atom is 0.162 e. The third kappa shape index (κ3) is 5.23. The summed E-state index contributed by atoms with van der Waals surface area (Å²) in [6.45, 7) is 5.35. The Morgan fingerprint density at radius 3 is 2.57 bits per heavy atom. The molecule has 0 amide bonds. The fraction of sp³-hybridized carbons (Fsp3) is 0.611. The summed E-state index contributed by atoms with van der Waals surface area (Å²) in [5, 5.41) is 0. The Morgan fingerprint density at radius 1 is 1.19 bits per heavy atom. The molecule has 0 saturated heterocycles. The van der Waals surface area contributed by atoms with Crippen LogP contribution in [-0.2, 0) is 4.74 Å². The van der Waals surface area contributed by atoms with Crippen LogP contribution in [0.5, 0.6) is 0 Å². The highest BCUT2D eigenvalue weighted by molar-refractivity contribution is 9.10. The third-order valence-corrected chi connectivity index (χ3v) is 5.15. The second kappa shape index (κ2) is 8.09. The normalized spacial score (nSPS) is 25.8. The Kier molecular flexibility index (Phi) is 6.43. The molecule has 0 aliphatic heterocycles. The van der Waals surface area contributed by atoms with Crippen LogP contribution in [0, 0.1) is 11.8 Å². The van der Waals surface area contributed by atoms with Gasteiger partial charge in [0.25, 0.3) is 0 Å². The number of carbonyl (C=O) groups is 1. The van der Waals surface area contributed by atoms with Crippen LogP contribution in [0.25, 0.3) is 0 Å². The fourth-order valence-electron chi connectivity index (χ4n) is 2.91. The van der Waals surface area contributed by atoms with Crippen molar-refractivity contribution in [3.63, 3.8) is 0 Å². The van der Waals surface area contributed by atoms with Crippen molar-refractivity contribution in [2.45, 2.75) is 52.1 Å². The molecule has 1 saturated carbocycles. The molecule has 1 aromatic rings. The maximum atomic E-state index is 12.0. The van der Waals surface area contributed by atoms with Crippen LogP contribution in [0.1, 0.15) is 56.3 Å². The molecule has 2 rings (SSSR count). The minimum atomic E-state index is 0.205. The van der Waals surface area contributed by atoms with Crippen molar-refractivity contribution in [2.75, 3.05) is 6.61 Å². The van der Waals surface area contributed by atoms with Crippen molar-refractivity contribution >= 4 is 21.7 Å². The predicted molar refractivity (Wildman–Crippen MR) is 89.6 cm³/mol. The Labute approximate surface area is 136 Å². The van der Waals surface area contributed by atoms with Crippen molar-refractivity contribution < 1.29 is 9.53 Å². The summed E-state index contributed by atoms with van der Waals surface area (Å²) in [6, 6.07) is 7.57. The molecule has 3 heteroatoms. The second-order valence-corrected chi connectivity index (χ2v) is 7.21. The smallest absolute Gasteiger partial charge is 0.162 e. The van der Waals surface area contributed by atoms with Crippen molar-refractivity contribution in [1.82, 2.24) is 0 Å². The molecule has 0 aromatic heterocycles. The van der Waals surface area contributed by atoms with Gasteiger partial charge in [0.2, 0.25) is 0 Å². The monoisotopic (exact) mass is 352 g/mol. The summed E-state index contributed by atoms with van der Waals surface area (Å²) in [5.74, 6) is 1.79. The van der Waals surface area contributed by atoms with Gasteiger partial charge in [-0.2, -0.15) is 0 Å². The molecule has 1 fully saturated rings. The first kappa shape index (κ1) is 16.7. The number of Topliss-reactive ketones (excluding diaryl/α,β-unsaturated/α-hetero) is 1. The fourth-order valence-corrected chi connectivity index (χ4v) is 3.18. The minimum absolute atomic E-state index is 0.205. The van der Waals surface area contributed by atoms with E-state index in [0.29, 0.717) is 19.1 Å². The van der Waals surface area contributed by atoms with Gasteiger partial charge in [-0.3, -0.25) is 4.79 Å². The topological polar surface area (TPSA) is 26.3 Å². The Bertz CT molecular complexity index is 455. The number of benzene rings is 1. The van der Waals surface area contributed by atoms with Crippen LogP contribution >= 0.6 is 15.9 Å². The lowest BCUT2D eigenvalue weighted by atomic mass is 9.80. The summed E-state index contributed by atoms with van der Waals surface area (Å²) in [5.41, 5.74) is 0.790. The highest BCUT2D eigenvalue weighted by atomic mass is 79.9. The molecule has 0 bridgehead atoms. The van der Waals surface area contributed by atoms with Gasteiger partial charge in [-0.25, -0.2) is 0 Å². The average molecular weight is 353 g/mol. The van der Waals surface area contributed by atoms with Gasteiger partial charge in [0.15, 0.2) is 5.78 Å². The highest BCUT2D eigenvalue weighted by Gasteiger charge is 2.24. The highest BCUT2D eigenvalue weighted by Crippen LogP contribution is 2.30. The molecule has 0 N–H and O–H groups in total. The lowest BCUT2D eigenvalue weighted by molar-refractivity contribution is 0.00136. The number of rotatable bonds is 6. The van der Waals surface area contributed by atoms with E-state index in [1.807, 2.05) is 24.3 Å². The Hall–Kier alpha value is -0.670. The molecule has 116 valence electrons. The molecule has 0 radical (unpaired) electrons. The molecular weight excluding hydrogens is 328 g/mol. The first-order valence-electron chi connectivity index (χ1n) is 7.96. The van der Waals surface area contributed by atoms with Crippen LogP contribution in [-0.4, -0.2) is 18.5 Å². The van der Waals surface area contributed by atoms with Gasteiger partial charge in [0.1, 0.15) is 0 Å². The number of hydrogen-bond donors (Lipinski definition) is 0. The van der Waals surface area contributed by atoms with Gasteiger partial charge in [-0.1, -0.05) is 41.9 Å². The van der Waals surface area contributed by atoms with E-state index in [9.17, 15) is 4.79 Å². The number of ether oxygens (including phenoxy) is 1. The van der Waals surface area contributed by atoms with Crippen molar-refractivity contribution in [3.05, 3.63) is 34.3 Å². The molecule has 1 aliphatic rings. The molecule has 2 nitrogen and oxygen atoms in total. The summed E-state index contributed by atoms with van der Waals surface area (Å²) >= 11 is 3.38. The number of carbonyl (C=O) groups excluding carboxylic acids is 1. The third-order valence-electron chi connectivity index (χ3n) is 4.62. The van der Waals surface area contributed by atoms with E-state index >= 15 is 0 Å². The number of hydrogen-bond acceptors (Lipinski definition) is 2. The van der Waals surface area contributed by atoms with E-state index in [4.69, 9.17) is 4.74 Å². The van der Waals surface area contributed by atoms with Gasteiger partial charge in [0.05, 0.1) is 6.10 Å². The van der Waals surface area contributed by atoms with Gasteiger partial charge in [0, 0.05) is 23.1 Å². The summed E-state index contributed by atoms with van der Waals surface area (Å²) in [6.07, 6.45) is 5.40. The van der Waals surface area contributed by atoms with E-state index in [2.05, 4.69) is 29.8 Å². The van der Waals surface area contributed by atoms with E-state index in [1.165, 1.54) is 19.3 Å². The SMILES string of the molecule is CC1CCC(OCCCC(=O)c2ccc(Br)cc2)CC1C. The van der Waals surface area contributed by atoms with E-state index in [0.717, 1.165) is 28.3 Å². The molecule has 0 heterocycles. The lowest BCUT2D eigenvalue weighted by Crippen LogP contribution is -2.27. The largest absolute Gasteiger partial charge is 0.378 e. The standard InChI is InChI=1S/C18H25BrO2/c1-13-5-10-17(12-14(13)2)21-11-3-4-18(20)15-6-8-16(19)9-7-15/h6-9,13-14,17H,3-5,10-12H2,1-2H3. The zero-order valence-electron chi connectivity index (χ0n) is 13.0. The van der Waals surface area contributed by atoms with Crippen LogP contribution in [0.2, 0.25) is 0 Å². The average Bonchev–Trinajstić information content (AvgIpc) is 2.47. The lowest BCUT2D eigenvalue weighted by Gasteiger charge is -2.31. The molecule has 3 atom stereocenters. The van der Waals surface area contributed by atoms with Crippen molar-refractivity contribution in [2.24, 2.45) is 11.8 Å². The maximum absolute atomic E-state index is 12.0. The van der Waals surface area contributed by atoms with E-state index in [1.54, 1.807) is 0 Å². The molecule has 0 spiro atoms. The van der Waals surface area contributed by atoms with Gasteiger partial charge in [-0.05, 0) is 49.7 Å². The van der Waals surface area contributed by atoms with E-state index < -0.39 is 0 Å². The molecule has 21 heavy (non-hydrogen) atoms. The summed E-state index contributed by atoms with van der Waals surface area (Å²) in [4.78, 5) is 12.0. The van der Waals surface area contributed by atoms with Gasteiger partial charge in [-0.15, -0.1) is 0 Å². The van der Waals surface area contributed by atoms with Crippen LogP contribution < -0.4 is 0 Å². The first-order valence-corrected chi connectivity index (χ1v) is 8.76.